The minimum Gasteiger partial charge on any atom is -0.0927 e. The average molecular weight is 427 g/mol. The van der Waals surface area contributed by atoms with Crippen LogP contribution in [0.25, 0.3) is 0 Å². The molecule has 2 heterocycles. The van der Waals surface area contributed by atoms with Crippen LogP contribution in [0.4, 0.5) is 0 Å². The van der Waals surface area contributed by atoms with E-state index in [1.807, 2.05) is 0 Å². The molecule has 2 aliphatic heterocycles. The fraction of sp³-hybridized carbons (Fsp3) is 1.00. The maximum atomic E-state index is 2.47. The smallest absolute Gasteiger partial charge is 0.000412 e. The van der Waals surface area contributed by atoms with Gasteiger partial charge in [0.25, 0.3) is 0 Å². The number of hydrogen-bond acceptors (Lipinski definition) is 0. The molecule has 2 unspecified atom stereocenters. The summed E-state index contributed by atoms with van der Waals surface area (Å²) in [5.74, 6) is 0. The van der Waals surface area contributed by atoms with Gasteiger partial charge in [0.1, 0.15) is 0 Å². The van der Waals surface area contributed by atoms with E-state index in [4.69, 9.17) is 0 Å². The molecule has 0 bridgehead atoms. The minimum absolute atomic E-state index is 0.253. The monoisotopic (exact) mass is 426 g/mol. The first-order valence-electron chi connectivity index (χ1n) is 13.2. The highest BCUT2D eigenvalue weighted by Gasteiger charge is 2.51. The Hall–Kier alpha value is 0.860. The first-order chi connectivity index (χ1) is 13.6. The van der Waals surface area contributed by atoms with E-state index in [0.29, 0.717) is 0 Å². The van der Waals surface area contributed by atoms with Crippen LogP contribution >= 0.6 is 15.8 Å². The molecule has 2 fully saturated rings. The third kappa shape index (κ3) is 5.76. The standard InChI is InChI=1S/C26H52P2/c1-6-11-12-15-24(27-22-13-20-25(27,16-7-2)17-8-3)28-23-14-21-26(28,18-9-4)19-10-5/h24H,6-23H2,1-5H3. The molecule has 166 valence electrons. The summed E-state index contributed by atoms with van der Waals surface area (Å²) in [6.07, 6.45) is 27.5. The van der Waals surface area contributed by atoms with Gasteiger partial charge in [0.2, 0.25) is 0 Å². The molecule has 0 N–H and O–H groups in total. The number of rotatable bonds is 14. The second-order valence-electron chi connectivity index (χ2n) is 10.0. The van der Waals surface area contributed by atoms with E-state index in [1.54, 1.807) is 70.1 Å². The van der Waals surface area contributed by atoms with Gasteiger partial charge in [0.15, 0.2) is 0 Å². The molecule has 2 heteroatoms. The van der Waals surface area contributed by atoms with Crippen molar-refractivity contribution in [3.63, 3.8) is 0 Å². The molecular formula is C26H52P2. The van der Waals surface area contributed by atoms with Gasteiger partial charge in [-0.05, 0) is 80.4 Å². The van der Waals surface area contributed by atoms with Crippen LogP contribution in [0.1, 0.15) is 137 Å². The predicted octanol–water partition coefficient (Wildman–Crippen LogP) is 10.1. The van der Waals surface area contributed by atoms with Gasteiger partial charge in [-0.2, -0.15) is 0 Å². The number of unbranched alkanes of at least 4 members (excludes halogenated alkanes) is 2. The maximum Gasteiger partial charge on any atom is 0.000412 e. The largest absolute Gasteiger partial charge is 0.0927 e. The van der Waals surface area contributed by atoms with Crippen LogP contribution in [0.3, 0.4) is 0 Å². The van der Waals surface area contributed by atoms with E-state index < -0.39 is 0 Å². The van der Waals surface area contributed by atoms with E-state index in [9.17, 15) is 0 Å². The average Bonchev–Trinajstić information content (AvgIpc) is 3.25. The quantitative estimate of drug-likeness (QED) is 0.191. The van der Waals surface area contributed by atoms with Crippen molar-refractivity contribution < 1.29 is 0 Å². The maximum absolute atomic E-state index is 2.47. The molecular weight excluding hydrogens is 374 g/mol. The van der Waals surface area contributed by atoms with Gasteiger partial charge in [-0.1, -0.05) is 95.4 Å². The van der Waals surface area contributed by atoms with Crippen molar-refractivity contribution >= 4 is 15.8 Å². The molecule has 0 amide bonds. The summed E-state index contributed by atoms with van der Waals surface area (Å²) < 4.78 is 0. The van der Waals surface area contributed by atoms with E-state index in [2.05, 4.69) is 34.6 Å². The van der Waals surface area contributed by atoms with Crippen molar-refractivity contribution in [3.8, 4) is 0 Å². The Kier molecular flexibility index (Phi) is 11.4. The summed E-state index contributed by atoms with van der Waals surface area (Å²) in [7, 11) is 0.507. The molecule has 0 aromatic heterocycles. The molecule has 0 aromatic carbocycles. The van der Waals surface area contributed by atoms with Gasteiger partial charge in [-0.3, -0.25) is 0 Å². The first-order valence-corrected chi connectivity index (χ1v) is 16.4. The van der Waals surface area contributed by atoms with Crippen LogP contribution in [0.2, 0.25) is 0 Å². The fourth-order valence-corrected chi connectivity index (χ4v) is 18.3. The summed E-state index contributed by atoms with van der Waals surface area (Å²) >= 11 is 0. The van der Waals surface area contributed by atoms with Crippen molar-refractivity contribution in [1.82, 2.24) is 0 Å². The molecule has 0 aliphatic carbocycles. The summed E-state index contributed by atoms with van der Waals surface area (Å²) in [5.41, 5.74) is 0. The van der Waals surface area contributed by atoms with Gasteiger partial charge < -0.3 is 0 Å². The zero-order valence-corrected chi connectivity index (χ0v) is 22.0. The lowest BCUT2D eigenvalue weighted by Gasteiger charge is -2.48. The first kappa shape index (κ1) is 25.1. The molecule has 2 atom stereocenters. The Morgan fingerprint density at radius 2 is 1.04 bits per heavy atom. The van der Waals surface area contributed by atoms with E-state index >= 15 is 0 Å². The fourth-order valence-electron chi connectivity index (χ4n) is 7.09. The summed E-state index contributed by atoms with van der Waals surface area (Å²) in [6, 6.07) is 0. The van der Waals surface area contributed by atoms with Crippen LogP contribution in [-0.2, 0) is 0 Å². The highest BCUT2D eigenvalue weighted by molar-refractivity contribution is 7.77. The van der Waals surface area contributed by atoms with Crippen molar-refractivity contribution in [2.24, 2.45) is 0 Å². The van der Waals surface area contributed by atoms with Gasteiger partial charge in [-0.15, -0.1) is 0 Å². The topological polar surface area (TPSA) is 0 Å². The van der Waals surface area contributed by atoms with Crippen molar-refractivity contribution in [2.75, 3.05) is 12.3 Å². The minimum atomic E-state index is 0.253. The Balaban J connectivity index is 2.34. The summed E-state index contributed by atoms with van der Waals surface area (Å²) in [4.78, 5) is 0. The molecule has 2 rings (SSSR count). The molecule has 0 spiro atoms. The highest BCUT2D eigenvalue weighted by atomic mass is 31.2. The van der Waals surface area contributed by atoms with Crippen LogP contribution in [-0.4, -0.2) is 28.0 Å². The molecule has 2 saturated heterocycles. The van der Waals surface area contributed by atoms with Gasteiger partial charge in [0, 0.05) is 5.40 Å². The van der Waals surface area contributed by atoms with Crippen molar-refractivity contribution in [2.45, 2.75) is 153 Å². The predicted molar refractivity (Wildman–Crippen MR) is 135 cm³/mol. The SMILES string of the molecule is CCCCCC(P1CCCC1(CCC)CCC)P1CCCC1(CCC)CCC. The zero-order chi connectivity index (χ0) is 20.5. The molecule has 0 radical (unpaired) electrons. The lowest BCUT2D eigenvalue weighted by molar-refractivity contribution is 0.459. The van der Waals surface area contributed by atoms with E-state index in [0.717, 1.165) is 15.7 Å². The molecule has 0 saturated carbocycles. The molecule has 0 aromatic rings. The van der Waals surface area contributed by atoms with Crippen molar-refractivity contribution in [1.29, 1.82) is 0 Å². The lowest BCUT2D eigenvalue weighted by Crippen LogP contribution is -2.32. The third-order valence-corrected chi connectivity index (χ3v) is 17.0. The molecule has 2 aliphatic rings. The van der Waals surface area contributed by atoms with Gasteiger partial charge in [0.05, 0.1) is 0 Å². The van der Waals surface area contributed by atoms with E-state index in [-0.39, 0.29) is 15.8 Å². The number of hydrogen-bond donors (Lipinski definition) is 0. The highest BCUT2D eigenvalue weighted by Crippen LogP contribution is 2.78. The van der Waals surface area contributed by atoms with Crippen LogP contribution < -0.4 is 0 Å². The Bertz CT molecular complexity index is 373. The van der Waals surface area contributed by atoms with Crippen molar-refractivity contribution in [3.05, 3.63) is 0 Å². The summed E-state index contributed by atoms with van der Waals surface area (Å²) in [6.45, 7) is 12.3. The van der Waals surface area contributed by atoms with E-state index in [1.165, 1.54) is 44.9 Å². The normalized spacial score (nSPS) is 27.3. The van der Waals surface area contributed by atoms with Gasteiger partial charge >= 0.3 is 0 Å². The third-order valence-electron chi connectivity index (χ3n) is 7.95. The van der Waals surface area contributed by atoms with Crippen LogP contribution in [0.15, 0.2) is 0 Å². The van der Waals surface area contributed by atoms with Crippen LogP contribution in [0, 0.1) is 0 Å². The second kappa shape index (κ2) is 12.7. The Labute approximate surface area is 181 Å². The lowest BCUT2D eigenvalue weighted by atomic mass is 9.93. The summed E-state index contributed by atoms with van der Waals surface area (Å²) in [5, 5.41) is 2.73. The zero-order valence-electron chi connectivity index (χ0n) is 20.2. The molecule has 0 nitrogen and oxygen atoms in total. The van der Waals surface area contributed by atoms with Gasteiger partial charge in [-0.25, -0.2) is 0 Å². The molecule has 28 heavy (non-hydrogen) atoms. The second-order valence-corrected chi connectivity index (χ2v) is 16.3. The Morgan fingerprint density at radius 1 is 0.607 bits per heavy atom. The van der Waals surface area contributed by atoms with Crippen LogP contribution in [0.5, 0.6) is 0 Å². The Morgan fingerprint density at radius 3 is 1.39 bits per heavy atom.